The van der Waals surface area contributed by atoms with Gasteiger partial charge in [-0.05, 0) is 178 Å². The molecular formula is C52H90N4O6. The maximum absolute atomic E-state index is 14.2. The molecule has 0 aliphatic heterocycles. The van der Waals surface area contributed by atoms with Gasteiger partial charge in [0.25, 0.3) is 0 Å². The summed E-state index contributed by atoms with van der Waals surface area (Å²) in [6, 6.07) is 0. The van der Waals surface area contributed by atoms with Gasteiger partial charge in [0.2, 0.25) is 0 Å². The van der Waals surface area contributed by atoms with Gasteiger partial charge in [0.1, 0.15) is 17.3 Å². The van der Waals surface area contributed by atoms with Crippen LogP contribution in [0.2, 0.25) is 0 Å². The molecule has 0 bridgehead atoms. The third-order valence-electron chi connectivity index (χ3n) is 16.8. The predicted molar refractivity (Wildman–Crippen MR) is 249 cm³/mol. The topological polar surface area (TPSA) is 118 Å². The maximum atomic E-state index is 14.2. The van der Waals surface area contributed by atoms with E-state index in [0.29, 0.717) is 31.6 Å². The predicted octanol–water partition coefficient (Wildman–Crippen LogP) is 11.8. The van der Waals surface area contributed by atoms with E-state index < -0.39 is 17.3 Å². The highest BCUT2D eigenvalue weighted by atomic mass is 16.6. The highest BCUT2D eigenvalue weighted by molar-refractivity contribution is 5.69. The van der Waals surface area contributed by atoms with Crippen molar-refractivity contribution in [1.29, 1.82) is 0 Å². The van der Waals surface area contributed by atoms with E-state index in [1.54, 1.807) is 5.57 Å². The first-order valence-electron chi connectivity index (χ1n) is 25.3. The molecule has 3 N–H and O–H groups in total. The molecule has 354 valence electrons. The fourth-order valence-corrected chi connectivity index (χ4v) is 12.8. The summed E-state index contributed by atoms with van der Waals surface area (Å²) in [7, 11) is 0. The molecule has 3 amide bonds. The fourth-order valence-electron chi connectivity index (χ4n) is 12.8. The molecule has 6 rings (SSSR count). The van der Waals surface area contributed by atoms with Crippen LogP contribution in [0.4, 0.5) is 14.4 Å². The Morgan fingerprint density at radius 1 is 0.758 bits per heavy atom. The number of unbranched alkanes of at least 4 members (excludes halogenated alkanes) is 1. The van der Waals surface area contributed by atoms with E-state index >= 15 is 0 Å². The number of carbonyl (C=O) groups is 3. The van der Waals surface area contributed by atoms with Gasteiger partial charge in [-0.1, -0.05) is 65.5 Å². The highest BCUT2D eigenvalue weighted by Crippen LogP contribution is 2.67. The molecule has 10 nitrogen and oxygen atoms in total. The van der Waals surface area contributed by atoms with Crippen molar-refractivity contribution >= 4 is 18.3 Å². The maximum Gasteiger partial charge on any atom is 0.410 e. The zero-order chi connectivity index (χ0) is 45.1. The Hall–Kier alpha value is -2.49. The molecule has 0 aromatic heterocycles. The Morgan fingerprint density at radius 2 is 1.40 bits per heavy atom. The van der Waals surface area contributed by atoms with Gasteiger partial charge < -0.3 is 35.1 Å². The van der Waals surface area contributed by atoms with Crippen LogP contribution >= 0.6 is 0 Å². The van der Waals surface area contributed by atoms with E-state index in [9.17, 15) is 14.4 Å². The largest absolute Gasteiger partial charge is 0.446 e. The van der Waals surface area contributed by atoms with Gasteiger partial charge in [0.05, 0.1) is 0 Å². The zero-order valence-electron chi connectivity index (χ0n) is 41.3. The second kappa shape index (κ2) is 19.5. The van der Waals surface area contributed by atoms with Crippen LogP contribution in [0.1, 0.15) is 185 Å². The molecule has 8 atom stereocenters. The van der Waals surface area contributed by atoms with Crippen LogP contribution in [0, 0.1) is 57.2 Å². The van der Waals surface area contributed by atoms with Crippen molar-refractivity contribution < 1.29 is 28.6 Å². The average molecular weight is 867 g/mol. The smallest absolute Gasteiger partial charge is 0.410 e. The molecule has 0 aromatic rings. The second-order valence-corrected chi connectivity index (χ2v) is 24.6. The lowest BCUT2D eigenvalue weighted by Gasteiger charge is -2.58. The number of hydrogen-bond acceptors (Lipinski definition) is 7. The van der Waals surface area contributed by atoms with Crippen molar-refractivity contribution in [3.8, 4) is 0 Å². The number of fused-ring (bicyclic) bond motifs is 5. The number of allylic oxidation sites excluding steroid dienone is 1. The van der Waals surface area contributed by atoms with E-state index in [2.05, 4.69) is 56.6 Å². The van der Waals surface area contributed by atoms with Gasteiger partial charge >= 0.3 is 18.3 Å². The number of carbonyl (C=O) groups excluding carboxylic acids is 3. The van der Waals surface area contributed by atoms with E-state index in [1.807, 2.05) is 46.4 Å². The molecule has 6 aliphatic carbocycles. The quantitative estimate of drug-likeness (QED) is 0.0672. The average Bonchev–Trinajstić information content (AvgIpc) is 4.09. The molecule has 62 heavy (non-hydrogen) atoms. The van der Waals surface area contributed by atoms with Crippen molar-refractivity contribution in [1.82, 2.24) is 20.9 Å². The minimum Gasteiger partial charge on any atom is -0.446 e. The van der Waals surface area contributed by atoms with Crippen LogP contribution in [0.3, 0.4) is 0 Å². The van der Waals surface area contributed by atoms with E-state index in [1.165, 1.54) is 51.4 Å². The lowest BCUT2D eigenvalue weighted by Crippen LogP contribution is -2.51. The fraction of sp³-hybridized carbons (Fsp3) is 0.904. The van der Waals surface area contributed by atoms with Crippen molar-refractivity contribution in [3.63, 3.8) is 0 Å². The Morgan fingerprint density at radius 3 is 2.02 bits per heavy atom. The Bertz CT molecular complexity index is 1570. The summed E-state index contributed by atoms with van der Waals surface area (Å²) in [5.41, 5.74) is 1.11. The van der Waals surface area contributed by atoms with Crippen molar-refractivity contribution in [2.24, 2.45) is 57.2 Å². The van der Waals surface area contributed by atoms with Crippen LogP contribution in [0.25, 0.3) is 0 Å². The van der Waals surface area contributed by atoms with Gasteiger partial charge in [0.15, 0.2) is 0 Å². The third kappa shape index (κ3) is 12.6. The summed E-state index contributed by atoms with van der Waals surface area (Å²) in [5.74, 6) is 4.85. The lowest BCUT2D eigenvalue weighted by atomic mass is 9.47. The van der Waals surface area contributed by atoms with Crippen LogP contribution in [-0.4, -0.2) is 79.8 Å². The van der Waals surface area contributed by atoms with Gasteiger partial charge in [-0.3, -0.25) is 0 Å². The van der Waals surface area contributed by atoms with Crippen LogP contribution < -0.4 is 16.0 Å². The number of nitrogens with one attached hydrogen (secondary N) is 3. The Labute approximate surface area is 377 Å². The summed E-state index contributed by atoms with van der Waals surface area (Å²) in [6.07, 6.45) is 21.2. The number of amides is 3. The van der Waals surface area contributed by atoms with Crippen molar-refractivity contribution in [2.75, 3.05) is 39.3 Å². The number of alkyl carbamates (subject to hydrolysis) is 2. The SMILES string of the molecule is CC(C)CCC[C@@H](C)[C@H]1CC[C@H]2[C@@H]3CC=C4C[C@@H](OC(=O)N(CCCCNCC5(CNC(=O)OC(C)(C)C)CC5)CC5(CNC(=O)OC(C)(C)C)CC5)CC[C@]4(C)[C@H]3CC[C@]12C. The minimum atomic E-state index is -0.564. The molecule has 0 aromatic carbocycles. The summed E-state index contributed by atoms with van der Waals surface area (Å²) in [4.78, 5) is 41.0. The molecule has 0 spiro atoms. The first-order valence-corrected chi connectivity index (χ1v) is 25.3. The molecule has 0 saturated heterocycles. The lowest BCUT2D eigenvalue weighted by molar-refractivity contribution is -0.0595. The third-order valence-corrected chi connectivity index (χ3v) is 16.8. The molecule has 0 heterocycles. The van der Waals surface area contributed by atoms with Crippen LogP contribution in [0.15, 0.2) is 11.6 Å². The van der Waals surface area contributed by atoms with E-state index in [4.69, 9.17) is 14.2 Å². The molecular weight excluding hydrogens is 777 g/mol. The first kappa shape index (κ1) is 49.0. The van der Waals surface area contributed by atoms with Gasteiger partial charge in [-0.2, -0.15) is 0 Å². The molecule has 5 fully saturated rings. The zero-order valence-corrected chi connectivity index (χ0v) is 41.3. The summed E-state index contributed by atoms with van der Waals surface area (Å²) in [6.45, 7) is 27.8. The standard InChI is InChI=1S/C52H90N4O6/c1-36(2)15-14-16-37(3)41-19-20-42-40-18-17-38-31-39(21-23-49(38,10)43(40)22-24-50(41,42)11)60-46(59)56(35-52(27-28-52)34-55-45(58)62-48(7,8)9)30-13-12-29-53-32-51(25-26-51)33-54-44(57)61-47(4,5)6/h17,36-37,39-43,53H,12-16,18-35H2,1-11H3,(H,54,57)(H,55,58)/t37-,39+,40+,41-,42+,43+,49+,50-/m1/s1. The van der Waals surface area contributed by atoms with Gasteiger partial charge in [-0.15, -0.1) is 0 Å². The summed E-state index contributed by atoms with van der Waals surface area (Å²) < 4.78 is 17.5. The number of nitrogens with zero attached hydrogens (tertiary/aromatic N) is 1. The summed E-state index contributed by atoms with van der Waals surface area (Å²) >= 11 is 0. The van der Waals surface area contributed by atoms with E-state index in [0.717, 1.165) is 106 Å². The molecule has 6 aliphatic rings. The second-order valence-electron chi connectivity index (χ2n) is 24.6. The minimum absolute atomic E-state index is 0.0967. The molecule has 0 unspecified atom stereocenters. The van der Waals surface area contributed by atoms with Crippen molar-refractivity contribution in [2.45, 2.75) is 203 Å². The number of rotatable bonds is 19. The van der Waals surface area contributed by atoms with Crippen LogP contribution in [-0.2, 0) is 14.2 Å². The Kier molecular flexibility index (Phi) is 15.4. The van der Waals surface area contributed by atoms with E-state index in [-0.39, 0.29) is 34.5 Å². The normalized spacial score (nSPS) is 31.1. The molecule has 0 radical (unpaired) electrons. The molecule has 5 saturated carbocycles. The van der Waals surface area contributed by atoms with Crippen molar-refractivity contribution in [3.05, 3.63) is 11.6 Å². The molecule has 10 heteroatoms. The highest BCUT2D eigenvalue weighted by Gasteiger charge is 2.59. The summed E-state index contributed by atoms with van der Waals surface area (Å²) in [5, 5.41) is 9.59. The Balaban J connectivity index is 1.02. The van der Waals surface area contributed by atoms with Gasteiger partial charge in [-0.25, -0.2) is 14.4 Å². The monoisotopic (exact) mass is 867 g/mol. The number of ether oxygens (including phenoxy) is 3. The first-order chi connectivity index (χ1) is 29.0. The van der Waals surface area contributed by atoms with Crippen LogP contribution in [0.5, 0.6) is 0 Å². The number of hydrogen-bond donors (Lipinski definition) is 3. The van der Waals surface area contributed by atoms with Gasteiger partial charge in [0, 0.05) is 50.0 Å².